The van der Waals surface area contributed by atoms with E-state index in [1.165, 1.54) is 0 Å². The minimum atomic E-state index is -0.219. The third-order valence-electron chi connectivity index (χ3n) is 3.30. The average molecular weight is 240 g/mol. The average Bonchev–Trinajstić information content (AvgIpc) is 2.80. The van der Waals surface area contributed by atoms with Gasteiger partial charge in [0.15, 0.2) is 5.82 Å². The molecule has 0 spiro atoms. The molecule has 1 aromatic heterocycles. The molecule has 17 heavy (non-hydrogen) atoms. The van der Waals surface area contributed by atoms with E-state index in [-0.39, 0.29) is 5.60 Å². The molecule has 1 heterocycles. The summed E-state index contributed by atoms with van der Waals surface area (Å²) in [6.07, 6.45) is 4.46. The van der Waals surface area contributed by atoms with Crippen LogP contribution in [0.3, 0.4) is 0 Å². The maximum Gasteiger partial charge on any atom is 0.152 e. The minimum absolute atomic E-state index is 0.219. The first-order chi connectivity index (χ1) is 8.21. The third kappa shape index (κ3) is 3.51. The summed E-state index contributed by atoms with van der Waals surface area (Å²) in [5.74, 6) is 0.881. The Morgan fingerprint density at radius 2 is 2.06 bits per heavy atom. The van der Waals surface area contributed by atoms with Crippen molar-refractivity contribution in [1.29, 1.82) is 0 Å². The molecule has 1 aromatic rings. The van der Waals surface area contributed by atoms with Crippen molar-refractivity contribution in [3.05, 3.63) is 12.2 Å². The molecule has 0 saturated heterocycles. The molecule has 0 unspecified atom stereocenters. The number of nitrogens with two attached hydrogens (primary N) is 1. The van der Waals surface area contributed by atoms with Crippen LogP contribution < -0.4 is 5.73 Å². The molecule has 0 bridgehead atoms. The molecule has 5 heteroatoms. The van der Waals surface area contributed by atoms with Gasteiger partial charge in [-0.3, -0.25) is 0 Å². The fraction of sp³-hybridized carbons (Fsp3) is 0.833. The van der Waals surface area contributed by atoms with Crippen molar-refractivity contribution in [2.24, 2.45) is 5.73 Å². The normalized spacial score (nSPS) is 12.0. The minimum Gasteiger partial charge on any atom is -0.366 e. The van der Waals surface area contributed by atoms with Crippen LogP contribution in [0.5, 0.6) is 0 Å². The Balaban J connectivity index is 2.62. The number of aromatic nitrogens is 3. The molecule has 2 N–H and O–H groups in total. The SMILES string of the molecule is CCCn1ncnc1COC(CC)(CC)CN. The molecule has 5 nitrogen and oxygen atoms in total. The lowest BCUT2D eigenvalue weighted by molar-refractivity contribution is -0.0590. The van der Waals surface area contributed by atoms with E-state index in [2.05, 4.69) is 30.9 Å². The Morgan fingerprint density at radius 3 is 2.59 bits per heavy atom. The van der Waals surface area contributed by atoms with Crippen molar-refractivity contribution >= 4 is 0 Å². The van der Waals surface area contributed by atoms with Gasteiger partial charge in [0.05, 0.1) is 5.60 Å². The van der Waals surface area contributed by atoms with E-state index < -0.39 is 0 Å². The molecule has 1 rings (SSSR count). The molecule has 0 aromatic carbocycles. The zero-order chi connectivity index (χ0) is 12.7. The molecule has 0 aliphatic rings. The van der Waals surface area contributed by atoms with Crippen molar-refractivity contribution in [2.75, 3.05) is 6.54 Å². The summed E-state index contributed by atoms with van der Waals surface area (Å²) >= 11 is 0. The number of hydrogen-bond donors (Lipinski definition) is 1. The van der Waals surface area contributed by atoms with Crippen LogP contribution in [0.4, 0.5) is 0 Å². The Hall–Kier alpha value is -0.940. The van der Waals surface area contributed by atoms with Gasteiger partial charge >= 0.3 is 0 Å². The molecule has 0 aliphatic heterocycles. The number of nitrogens with zero attached hydrogens (tertiary/aromatic N) is 3. The van der Waals surface area contributed by atoms with Gasteiger partial charge in [-0.15, -0.1) is 0 Å². The maximum absolute atomic E-state index is 5.96. The first-order valence-electron chi connectivity index (χ1n) is 6.42. The van der Waals surface area contributed by atoms with Gasteiger partial charge in [0.1, 0.15) is 12.9 Å². The highest BCUT2D eigenvalue weighted by Crippen LogP contribution is 2.20. The van der Waals surface area contributed by atoms with Crippen LogP contribution in [0, 0.1) is 0 Å². The van der Waals surface area contributed by atoms with Gasteiger partial charge < -0.3 is 10.5 Å². The van der Waals surface area contributed by atoms with Gasteiger partial charge in [-0.2, -0.15) is 5.10 Å². The molecular formula is C12H24N4O. The van der Waals surface area contributed by atoms with Crippen LogP contribution in [0.25, 0.3) is 0 Å². The lowest BCUT2D eigenvalue weighted by Crippen LogP contribution is -2.39. The standard InChI is InChI=1S/C12H24N4O/c1-4-7-16-11(14-10-15-16)8-17-12(5-2,6-3)9-13/h10H,4-9,13H2,1-3H3. The van der Waals surface area contributed by atoms with Gasteiger partial charge in [-0.25, -0.2) is 9.67 Å². The van der Waals surface area contributed by atoms with Gasteiger partial charge in [0.25, 0.3) is 0 Å². The molecular weight excluding hydrogens is 216 g/mol. The maximum atomic E-state index is 5.96. The van der Waals surface area contributed by atoms with E-state index in [1.807, 2.05) is 4.68 Å². The van der Waals surface area contributed by atoms with Gasteiger partial charge in [-0.1, -0.05) is 20.8 Å². The van der Waals surface area contributed by atoms with Crippen LogP contribution in [0.15, 0.2) is 6.33 Å². The van der Waals surface area contributed by atoms with E-state index in [0.29, 0.717) is 13.2 Å². The summed E-state index contributed by atoms with van der Waals surface area (Å²) < 4.78 is 7.86. The van der Waals surface area contributed by atoms with Crippen LogP contribution in [0.1, 0.15) is 45.9 Å². The molecule has 98 valence electrons. The smallest absolute Gasteiger partial charge is 0.152 e. The van der Waals surface area contributed by atoms with E-state index in [0.717, 1.165) is 31.6 Å². The fourth-order valence-corrected chi connectivity index (χ4v) is 1.82. The summed E-state index contributed by atoms with van der Waals surface area (Å²) in [4.78, 5) is 4.23. The van der Waals surface area contributed by atoms with Crippen molar-refractivity contribution in [2.45, 2.75) is 58.8 Å². The van der Waals surface area contributed by atoms with Gasteiger partial charge in [0, 0.05) is 13.1 Å². The zero-order valence-corrected chi connectivity index (χ0v) is 11.1. The Morgan fingerprint density at radius 1 is 1.35 bits per heavy atom. The van der Waals surface area contributed by atoms with Gasteiger partial charge in [0.2, 0.25) is 0 Å². The Kier molecular flexibility index (Phi) is 5.58. The second kappa shape index (κ2) is 6.71. The highest BCUT2D eigenvalue weighted by atomic mass is 16.5. The van der Waals surface area contributed by atoms with E-state index >= 15 is 0 Å². The molecule has 0 fully saturated rings. The van der Waals surface area contributed by atoms with Gasteiger partial charge in [-0.05, 0) is 19.3 Å². The number of ether oxygens (including phenoxy) is 1. The number of rotatable bonds is 8. The second-order valence-corrected chi connectivity index (χ2v) is 4.28. The Labute approximate surface area is 103 Å². The lowest BCUT2D eigenvalue weighted by atomic mass is 9.97. The van der Waals surface area contributed by atoms with Crippen molar-refractivity contribution in [3.8, 4) is 0 Å². The van der Waals surface area contributed by atoms with Crippen molar-refractivity contribution in [1.82, 2.24) is 14.8 Å². The summed E-state index contributed by atoms with van der Waals surface area (Å²) in [5, 5.41) is 4.18. The molecule has 0 saturated carbocycles. The van der Waals surface area contributed by atoms with Crippen molar-refractivity contribution < 1.29 is 4.74 Å². The highest BCUT2D eigenvalue weighted by molar-refractivity contribution is 4.85. The van der Waals surface area contributed by atoms with E-state index in [9.17, 15) is 0 Å². The third-order valence-corrected chi connectivity index (χ3v) is 3.30. The monoisotopic (exact) mass is 240 g/mol. The summed E-state index contributed by atoms with van der Waals surface area (Å²) in [7, 11) is 0. The fourth-order valence-electron chi connectivity index (χ4n) is 1.82. The quantitative estimate of drug-likeness (QED) is 0.751. The van der Waals surface area contributed by atoms with Crippen LogP contribution >= 0.6 is 0 Å². The Bertz CT molecular complexity index is 312. The highest BCUT2D eigenvalue weighted by Gasteiger charge is 2.25. The number of aryl methyl sites for hydroxylation is 1. The second-order valence-electron chi connectivity index (χ2n) is 4.28. The molecule has 0 aliphatic carbocycles. The first kappa shape index (κ1) is 14.1. The molecule has 0 atom stereocenters. The van der Waals surface area contributed by atoms with Crippen LogP contribution in [-0.4, -0.2) is 26.9 Å². The summed E-state index contributed by atoms with van der Waals surface area (Å²) in [5.41, 5.74) is 5.58. The predicted octanol–water partition coefficient (Wildman–Crippen LogP) is 1.72. The van der Waals surface area contributed by atoms with E-state index in [4.69, 9.17) is 10.5 Å². The zero-order valence-electron chi connectivity index (χ0n) is 11.1. The van der Waals surface area contributed by atoms with Crippen LogP contribution in [0.2, 0.25) is 0 Å². The largest absolute Gasteiger partial charge is 0.366 e. The summed E-state index contributed by atoms with van der Waals surface area (Å²) in [6, 6.07) is 0. The molecule has 0 radical (unpaired) electrons. The molecule has 0 amide bonds. The predicted molar refractivity (Wildman–Crippen MR) is 67.5 cm³/mol. The van der Waals surface area contributed by atoms with Crippen LogP contribution in [-0.2, 0) is 17.9 Å². The first-order valence-corrected chi connectivity index (χ1v) is 6.42. The van der Waals surface area contributed by atoms with E-state index in [1.54, 1.807) is 6.33 Å². The van der Waals surface area contributed by atoms with Crippen molar-refractivity contribution in [3.63, 3.8) is 0 Å². The lowest BCUT2D eigenvalue weighted by Gasteiger charge is -2.30. The number of hydrogen-bond acceptors (Lipinski definition) is 4. The topological polar surface area (TPSA) is 66.0 Å². The summed E-state index contributed by atoms with van der Waals surface area (Å²) in [6.45, 7) is 8.24.